The first-order valence-corrected chi connectivity index (χ1v) is 7.28. The lowest BCUT2D eigenvalue weighted by Crippen LogP contribution is -2.63. The molecule has 0 aliphatic carbocycles. The second-order valence-corrected chi connectivity index (χ2v) is 6.30. The maximum atomic E-state index is 10.2. The third-order valence-electron chi connectivity index (χ3n) is 3.80. The van der Waals surface area contributed by atoms with E-state index in [4.69, 9.17) is 4.74 Å². The molecule has 3 heterocycles. The third kappa shape index (κ3) is 2.48. The summed E-state index contributed by atoms with van der Waals surface area (Å²) in [5, 5.41) is 33.3. The van der Waals surface area contributed by atoms with E-state index in [1.807, 2.05) is 4.90 Å². The maximum absolute atomic E-state index is 10.2. The zero-order valence-electron chi connectivity index (χ0n) is 10.6. The number of aliphatic hydroxyl groups excluding tert-OH is 3. The summed E-state index contributed by atoms with van der Waals surface area (Å²) in [6, 6.07) is -0.322. The minimum absolute atomic E-state index is 0.228. The largest absolute Gasteiger partial charge is 0.390 e. The normalized spacial score (nSPS) is 45.9. The first kappa shape index (κ1) is 13.6. The van der Waals surface area contributed by atoms with Crippen LogP contribution in [0.15, 0.2) is 4.99 Å². The standard InChI is InChI=1S/C11H19N3O4S/c1-12-11-13-7-9(17)8(16)6(18-10(7)19-11)4-14-2-5(15)3-14/h5-10,15-17H,2-4H2,1H3,(H,12,13). The molecule has 3 saturated heterocycles. The topological polar surface area (TPSA) is 97.6 Å². The molecule has 0 radical (unpaired) electrons. The predicted molar refractivity (Wildman–Crippen MR) is 71.0 cm³/mol. The number of aliphatic imine (C=N–C) groups is 1. The summed E-state index contributed by atoms with van der Waals surface area (Å²) in [6.45, 7) is 1.73. The van der Waals surface area contributed by atoms with Crippen molar-refractivity contribution in [3.05, 3.63) is 0 Å². The molecule has 5 atom stereocenters. The molecule has 5 unspecified atom stereocenters. The third-order valence-corrected chi connectivity index (χ3v) is 4.96. The number of nitrogens with zero attached hydrogens (tertiary/aromatic N) is 2. The predicted octanol–water partition coefficient (Wildman–Crippen LogP) is -2.20. The monoisotopic (exact) mass is 289 g/mol. The summed E-state index contributed by atoms with van der Waals surface area (Å²) < 4.78 is 5.85. The number of amidine groups is 1. The molecule has 0 bridgehead atoms. The average molecular weight is 289 g/mol. The number of hydrogen-bond donors (Lipinski definition) is 4. The first-order valence-electron chi connectivity index (χ1n) is 6.40. The van der Waals surface area contributed by atoms with Gasteiger partial charge in [0.05, 0.1) is 12.1 Å². The van der Waals surface area contributed by atoms with E-state index in [9.17, 15) is 15.3 Å². The van der Waals surface area contributed by atoms with E-state index >= 15 is 0 Å². The fourth-order valence-corrected chi connectivity index (χ4v) is 3.79. The molecular formula is C11H19N3O4S. The van der Waals surface area contributed by atoms with E-state index in [0.717, 1.165) is 5.17 Å². The van der Waals surface area contributed by atoms with Crippen molar-refractivity contribution in [3.63, 3.8) is 0 Å². The summed E-state index contributed by atoms with van der Waals surface area (Å²) in [4.78, 5) is 6.05. The Kier molecular flexibility index (Phi) is 3.71. The van der Waals surface area contributed by atoms with Gasteiger partial charge in [-0.05, 0) is 0 Å². The molecule has 3 aliphatic heterocycles. The van der Waals surface area contributed by atoms with Gasteiger partial charge in [-0.2, -0.15) is 0 Å². The zero-order valence-corrected chi connectivity index (χ0v) is 11.5. The fourth-order valence-electron chi connectivity index (χ4n) is 2.69. The minimum Gasteiger partial charge on any atom is -0.390 e. The van der Waals surface area contributed by atoms with Gasteiger partial charge in [0.15, 0.2) is 5.17 Å². The van der Waals surface area contributed by atoms with E-state index in [2.05, 4.69) is 10.3 Å². The van der Waals surface area contributed by atoms with Crippen LogP contribution in [0.1, 0.15) is 0 Å². The van der Waals surface area contributed by atoms with Gasteiger partial charge in [0, 0.05) is 26.7 Å². The van der Waals surface area contributed by atoms with Crippen LogP contribution >= 0.6 is 11.8 Å². The summed E-state index contributed by atoms with van der Waals surface area (Å²) in [7, 11) is 1.68. The SMILES string of the molecule is CN=C1NC2C(OC(CN3CC(O)C3)C(O)C2O)S1. The van der Waals surface area contributed by atoms with Gasteiger partial charge >= 0.3 is 0 Å². The molecule has 8 heteroatoms. The molecule has 0 aromatic heterocycles. The summed E-state index contributed by atoms with van der Waals surface area (Å²) in [5.74, 6) is 0. The van der Waals surface area contributed by atoms with Gasteiger partial charge in [0.1, 0.15) is 23.7 Å². The highest BCUT2D eigenvalue weighted by Gasteiger charge is 2.49. The van der Waals surface area contributed by atoms with Gasteiger partial charge in [-0.1, -0.05) is 11.8 Å². The molecule has 4 N–H and O–H groups in total. The van der Waals surface area contributed by atoms with Gasteiger partial charge < -0.3 is 25.4 Å². The molecule has 19 heavy (non-hydrogen) atoms. The van der Waals surface area contributed by atoms with Crippen molar-refractivity contribution >= 4 is 16.9 Å². The number of fused-ring (bicyclic) bond motifs is 1. The molecule has 3 fully saturated rings. The van der Waals surface area contributed by atoms with Gasteiger partial charge in [-0.15, -0.1) is 0 Å². The molecule has 0 amide bonds. The van der Waals surface area contributed by atoms with Crippen molar-refractivity contribution in [3.8, 4) is 0 Å². The van der Waals surface area contributed by atoms with Crippen LogP contribution in [0.2, 0.25) is 0 Å². The highest BCUT2D eigenvalue weighted by Crippen LogP contribution is 2.34. The molecule has 0 spiro atoms. The number of nitrogens with one attached hydrogen (secondary N) is 1. The van der Waals surface area contributed by atoms with Crippen LogP contribution in [0.3, 0.4) is 0 Å². The minimum atomic E-state index is -0.928. The fraction of sp³-hybridized carbons (Fsp3) is 0.909. The Labute approximate surface area is 115 Å². The highest BCUT2D eigenvalue weighted by atomic mass is 32.2. The van der Waals surface area contributed by atoms with Crippen LogP contribution in [-0.2, 0) is 4.74 Å². The summed E-state index contributed by atoms with van der Waals surface area (Å²) in [6.07, 6.45) is -2.51. The Morgan fingerprint density at radius 3 is 2.74 bits per heavy atom. The smallest absolute Gasteiger partial charge is 0.159 e. The first-order chi connectivity index (χ1) is 9.08. The zero-order chi connectivity index (χ0) is 13.6. The number of rotatable bonds is 2. The van der Waals surface area contributed by atoms with E-state index in [-0.39, 0.29) is 17.6 Å². The van der Waals surface area contributed by atoms with Crippen LogP contribution in [-0.4, -0.2) is 88.0 Å². The van der Waals surface area contributed by atoms with E-state index < -0.39 is 18.3 Å². The molecule has 108 valence electrons. The molecular weight excluding hydrogens is 270 g/mol. The summed E-state index contributed by atoms with van der Waals surface area (Å²) >= 11 is 1.44. The number of likely N-dealkylation sites (tertiary alicyclic amines) is 1. The lowest BCUT2D eigenvalue weighted by Gasteiger charge is -2.44. The van der Waals surface area contributed by atoms with Crippen molar-refractivity contribution in [2.75, 3.05) is 26.7 Å². The van der Waals surface area contributed by atoms with Gasteiger partial charge in [0.25, 0.3) is 0 Å². The highest BCUT2D eigenvalue weighted by molar-refractivity contribution is 8.14. The van der Waals surface area contributed by atoms with Crippen LogP contribution in [0.4, 0.5) is 0 Å². The van der Waals surface area contributed by atoms with Crippen molar-refractivity contribution in [1.29, 1.82) is 0 Å². The van der Waals surface area contributed by atoms with Gasteiger partial charge in [0.2, 0.25) is 0 Å². The quantitative estimate of drug-likeness (QED) is 0.458. The second-order valence-electron chi connectivity index (χ2n) is 5.21. The van der Waals surface area contributed by atoms with E-state index in [1.165, 1.54) is 11.8 Å². The Balaban J connectivity index is 1.64. The van der Waals surface area contributed by atoms with Crippen LogP contribution in [0, 0.1) is 0 Å². The van der Waals surface area contributed by atoms with Crippen molar-refractivity contribution in [2.24, 2.45) is 4.99 Å². The molecule has 0 aromatic carbocycles. The van der Waals surface area contributed by atoms with Crippen molar-refractivity contribution in [2.45, 2.75) is 35.9 Å². The number of aliphatic hydroxyl groups is 3. The van der Waals surface area contributed by atoms with Crippen molar-refractivity contribution < 1.29 is 20.1 Å². The average Bonchev–Trinajstić information content (AvgIpc) is 2.77. The lowest BCUT2D eigenvalue weighted by atomic mass is 9.96. The van der Waals surface area contributed by atoms with Crippen LogP contribution in [0.25, 0.3) is 0 Å². The lowest BCUT2D eigenvalue weighted by molar-refractivity contribution is -0.169. The second kappa shape index (κ2) is 5.19. The molecule has 7 nitrogen and oxygen atoms in total. The molecule has 3 aliphatic rings. The number of β-amino-alcohol motifs (C(OH)–C–C–N with tert-alkyl or cyclic N) is 1. The van der Waals surface area contributed by atoms with Crippen LogP contribution < -0.4 is 5.32 Å². The van der Waals surface area contributed by atoms with Gasteiger partial charge in [-0.3, -0.25) is 9.89 Å². The Morgan fingerprint density at radius 1 is 1.37 bits per heavy atom. The van der Waals surface area contributed by atoms with Gasteiger partial charge in [-0.25, -0.2) is 0 Å². The summed E-state index contributed by atoms with van der Waals surface area (Å²) in [5.41, 5.74) is -0.228. The van der Waals surface area contributed by atoms with Crippen LogP contribution in [0.5, 0.6) is 0 Å². The van der Waals surface area contributed by atoms with E-state index in [0.29, 0.717) is 19.6 Å². The number of thioether (sulfide) groups is 1. The maximum Gasteiger partial charge on any atom is 0.159 e. The van der Waals surface area contributed by atoms with E-state index in [1.54, 1.807) is 7.05 Å². The Morgan fingerprint density at radius 2 is 2.11 bits per heavy atom. The Hall–Kier alpha value is -0.380. The number of ether oxygens (including phenoxy) is 1. The molecule has 0 aromatic rings. The number of hydrogen-bond acceptors (Lipinski definition) is 7. The van der Waals surface area contributed by atoms with Crippen molar-refractivity contribution in [1.82, 2.24) is 10.2 Å². The molecule has 0 saturated carbocycles. The Bertz CT molecular complexity index is 377. The molecule has 3 rings (SSSR count).